The molecule has 0 aliphatic rings. The van der Waals surface area contributed by atoms with Gasteiger partial charge < -0.3 is 5.73 Å². The van der Waals surface area contributed by atoms with Crippen LogP contribution in [-0.2, 0) is 6.54 Å². The van der Waals surface area contributed by atoms with Gasteiger partial charge in [0.15, 0.2) is 0 Å². The van der Waals surface area contributed by atoms with Crippen LogP contribution in [0.15, 0.2) is 24.3 Å². The van der Waals surface area contributed by atoms with Crippen molar-refractivity contribution in [1.82, 2.24) is 4.84 Å². The maximum atomic E-state index is 7.14. The molecule has 12 heavy (non-hydrogen) atoms. The molecule has 64 valence electrons. The summed E-state index contributed by atoms with van der Waals surface area (Å²) < 4.78 is 0. The number of nitrogens with two attached hydrogens (primary N) is 1. The first-order valence-electron chi connectivity index (χ1n) is 3.51. The lowest BCUT2D eigenvalue weighted by atomic mass is 10.1. The molecule has 0 fully saturated rings. The molecule has 0 aromatic heterocycles. The van der Waals surface area contributed by atoms with Crippen LogP contribution >= 0.6 is 11.8 Å². The number of amidine groups is 1. The van der Waals surface area contributed by atoms with E-state index in [1.54, 1.807) is 12.1 Å². The van der Waals surface area contributed by atoms with Crippen LogP contribution < -0.4 is 10.6 Å². The van der Waals surface area contributed by atoms with Gasteiger partial charge in [-0.25, -0.2) is 4.84 Å². The van der Waals surface area contributed by atoms with E-state index in [9.17, 15) is 0 Å². The fraction of sp³-hybridized carbons (Fsp3) is 0.125. The summed E-state index contributed by atoms with van der Waals surface area (Å²) in [5.41, 5.74) is 7.07. The summed E-state index contributed by atoms with van der Waals surface area (Å²) in [5, 5.41) is 7.14. The molecule has 0 atom stereocenters. The molecule has 4 N–H and O–H groups in total. The Balaban J connectivity index is 2.78. The Labute approximate surface area is 76.2 Å². The molecule has 0 amide bonds. The fourth-order valence-electron chi connectivity index (χ4n) is 0.879. The minimum absolute atomic E-state index is 0.0837. The molecule has 1 aromatic carbocycles. The summed E-state index contributed by atoms with van der Waals surface area (Å²) in [7, 11) is 0. The van der Waals surface area contributed by atoms with E-state index in [4.69, 9.17) is 22.9 Å². The Morgan fingerprint density at radius 1 is 1.42 bits per heavy atom. The highest BCUT2D eigenvalue weighted by molar-refractivity contribution is 6.13. The second kappa shape index (κ2) is 4.09. The van der Waals surface area contributed by atoms with Crippen molar-refractivity contribution in [1.29, 1.82) is 5.41 Å². The zero-order valence-electron chi connectivity index (χ0n) is 6.47. The van der Waals surface area contributed by atoms with Crippen LogP contribution in [0.25, 0.3) is 0 Å². The molecule has 0 bridgehead atoms. The normalized spacial score (nSPS) is 9.75. The van der Waals surface area contributed by atoms with Crippen LogP contribution in [0.4, 0.5) is 0 Å². The highest BCUT2D eigenvalue weighted by Gasteiger charge is 1.95. The number of halogens is 1. The molecule has 4 heteroatoms. The lowest BCUT2D eigenvalue weighted by Crippen LogP contribution is -2.10. The number of hydrogen-bond donors (Lipinski definition) is 3. The molecule has 0 aliphatic heterocycles. The van der Waals surface area contributed by atoms with Crippen molar-refractivity contribution < 1.29 is 0 Å². The third-order valence-corrected chi connectivity index (χ3v) is 1.67. The van der Waals surface area contributed by atoms with Gasteiger partial charge in [-0.15, -0.1) is 0 Å². The number of nitrogen functional groups attached to an aromatic ring is 1. The van der Waals surface area contributed by atoms with E-state index >= 15 is 0 Å². The summed E-state index contributed by atoms with van der Waals surface area (Å²) in [6, 6.07) is 7.36. The zero-order valence-corrected chi connectivity index (χ0v) is 7.23. The predicted octanol–water partition coefficient (Wildman–Crippen LogP) is 1.21. The number of hydrogen-bond acceptors (Lipinski definition) is 2. The van der Waals surface area contributed by atoms with Crippen molar-refractivity contribution >= 4 is 17.6 Å². The van der Waals surface area contributed by atoms with Gasteiger partial charge in [0.1, 0.15) is 5.84 Å². The molecule has 0 saturated carbocycles. The van der Waals surface area contributed by atoms with Gasteiger partial charge in [-0.3, -0.25) is 5.41 Å². The Morgan fingerprint density at radius 2 is 2.00 bits per heavy atom. The maximum absolute atomic E-state index is 7.14. The van der Waals surface area contributed by atoms with Crippen LogP contribution in [0.2, 0.25) is 0 Å². The molecule has 1 aromatic rings. The minimum Gasteiger partial charge on any atom is -0.384 e. The molecule has 0 heterocycles. The molecule has 0 saturated heterocycles. The summed E-state index contributed by atoms with van der Waals surface area (Å²) in [6.07, 6.45) is 0. The Bertz CT molecular complexity index is 268. The SMILES string of the molecule is N=C(N)c1ccc(CNCl)cc1. The van der Waals surface area contributed by atoms with Crippen molar-refractivity contribution in [3.63, 3.8) is 0 Å². The summed E-state index contributed by atoms with van der Waals surface area (Å²) in [4.78, 5) is 2.52. The highest BCUT2D eigenvalue weighted by Crippen LogP contribution is 2.03. The Morgan fingerprint density at radius 3 is 2.42 bits per heavy atom. The fourth-order valence-corrected chi connectivity index (χ4v) is 1.03. The van der Waals surface area contributed by atoms with Gasteiger partial charge in [-0.05, 0) is 17.3 Å². The van der Waals surface area contributed by atoms with E-state index in [2.05, 4.69) is 4.84 Å². The van der Waals surface area contributed by atoms with Gasteiger partial charge in [0, 0.05) is 12.1 Å². The lowest BCUT2D eigenvalue weighted by molar-refractivity contribution is 0.963. The summed E-state index contributed by atoms with van der Waals surface area (Å²) in [5.74, 6) is 0.0837. The Kier molecular flexibility index (Phi) is 3.08. The van der Waals surface area contributed by atoms with Crippen molar-refractivity contribution in [2.24, 2.45) is 5.73 Å². The second-order valence-electron chi connectivity index (χ2n) is 2.42. The average Bonchev–Trinajstić information content (AvgIpc) is 2.06. The van der Waals surface area contributed by atoms with Gasteiger partial charge in [-0.2, -0.15) is 0 Å². The van der Waals surface area contributed by atoms with E-state index < -0.39 is 0 Å². The largest absolute Gasteiger partial charge is 0.384 e. The topological polar surface area (TPSA) is 61.9 Å². The third kappa shape index (κ3) is 2.22. The van der Waals surface area contributed by atoms with E-state index in [1.807, 2.05) is 12.1 Å². The molecule has 0 spiro atoms. The van der Waals surface area contributed by atoms with Gasteiger partial charge in [0.05, 0.1) is 0 Å². The third-order valence-electron chi connectivity index (χ3n) is 1.54. The highest BCUT2D eigenvalue weighted by atomic mass is 35.5. The van der Waals surface area contributed by atoms with E-state index in [0.717, 1.165) is 11.1 Å². The van der Waals surface area contributed by atoms with Gasteiger partial charge in [-0.1, -0.05) is 24.3 Å². The van der Waals surface area contributed by atoms with Crippen molar-refractivity contribution in [3.05, 3.63) is 35.4 Å². The molecule has 0 radical (unpaired) electrons. The van der Waals surface area contributed by atoms with Crippen molar-refractivity contribution in [3.8, 4) is 0 Å². The molecular weight excluding hydrogens is 174 g/mol. The monoisotopic (exact) mass is 183 g/mol. The molecule has 3 nitrogen and oxygen atoms in total. The van der Waals surface area contributed by atoms with Crippen LogP contribution in [0.3, 0.4) is 0 Å². The summed E-state index contributed by atoms with van der Waals surface area (Å²) >= 11 is 5.32. The number of rotatable bonds is 3. The first kappa shape index (κ1) is 9.03. The van der Waals surface area contributed by atoms with Gasteiger partial charge in [0.25, 0.3) is 0 Å². The van der Waals surface area contributed by atoms with Crippen LogP contribution in [-0.4, -0.2) is 5.84 Å². The van der Waals surface area contributed by atoms with E-state index in [0.29, 0.717) is 6.54 Å². The smallest absolute Gasteiger partial charge is 0.122 e. The van der Waals surface area contributed by atoms with Crippen LogP contribution in [0.5, 0.6) is 0 Å². The summed E-state index contributed by atoms with van der Waals surface area (Å²) in [6.45, 7) is 0.611. The van der Waals surface area contributed by atoms with Crippen molar-refractivity contribution in [2.75, 3.05) is 0 Å². The minimum atomic E-state index is 0.0837. The molecule has 1 rings (SSSR count). The average molecular weight is 184 g/mol. The maximum Gasteiger partial charge on any atom is 0.122 e. The van der Waals surface area contributed by atoms with Gasteiger partial charge in [0.2, 0.25) is 0 Å². The standard InChI is InChI=1S/C8H10ClN3/c9-12-5-6-1-3-7(4-2-6)8(10)11/h1-4,12H,5H2,(H3,10,11). The molecule has 0 unspecified atom stereocenters. The number of benzene rings is 1. The lowest BCUT2D eigenvalue weighted by Gasteiger charge is -2.00. The molecular formula is C8H10ClN3. The first-order chi connectivity index (χ1) is 5.74. The van der Waals surface area contributed by atoms with Crippen LogP contribution in [0, 0.1) is 5.41 Å². The zero-order chi connectivity index (χ0) is 8.97. The van der Waals surface area contributed by atoms with E-state index in [1.165, 1.54) is 0 Å². The second-order valence-corrected chi connectivity index (χ2v) is 2.69. The predicted molar refractivity (Wildman–Crippen MR) is 50.2 cm³/mol. The van der Waals surface area contributed by atoms with Crippen molar-refractivity contribution in [2.45, 2.75) is 6.54 Å². The molecule has 0 aliphatic carbocycles. The Hall–Kier alpha value is -1.06. The van der Waals surface area contributed by atoms with Gasteiger partial charge >= 0.3 is 0 Å². The first-order valence-corrected chi connectivity index (χ1v) is 3.88. The van der Waals surface area contributed by atoms with Crippen LogP contribution in [0.1, 0.15) is 11.1 Å². The number of nitrogens with one attached hydrogen (secondary N) is 2. The van der Waals surface area contributed by atoms with E-state index in [-0.39, 0.29) is 5.84 Å². The quantitative estimate of drug-likeness (QED) is 0.375.